The molecule has 2 aromatic carbocycles. The first-order valence-electron chi connectivity index (χ1n) is 15.7. The highest BCUT2D eigenvalue weighted by Gasteiger charge is 2.56. The topological polar surface area (TPSA) is 66.8 Å². The zero-order chi connectivity index (χ0) is 30.9. The Hall–Kier alpha value is -2.54. The van der Waals surface area contributed by atoms with Crippen LogP contribution in [-0.2, 0) is 14.0 Å². The van der Waals surface area contributed by atoms with E-state index in [-0.39, 0.29) is 34.3 Å². The second-order valence-corrected chi connectivity index (χ2v) is 18.8. The van der Waals surface area contributed by atoms with Gasteiger partial charge in [-0.3, -0.25) is 14.5 Å². The minimum Gasteiger partial charge on any atom is -0.511 e. The van der Waals surface area contributed by atoms with E-state index in [4.69, 9.17) is 4.43 Å². The van der Waals surface area contributed by atoms with E-state index < -0.39 is 19.1 Å². The fraction of sp³-hybridized carbons (Fsp3) is 0.556. The molecule has 1 N–H and O–H groups in total. The van der Waals surface area contributed by atoms with Crippen molar-refractivity contribution < 1.29 is 19.1 Å². The molecule has 1 fully saturated rings. The fourth-order valence-electron chi connectivity index (χ4n) is 7.39. The Morgan fingerprint density at radius 2 is 1.36 bits per heavy atom. The van der Waals surface area contributed by atoms with Crippen molar-refractivity contribution in [2.24, 2.45) is 16.7 Å². The lowest BCUT2D eigenvalue weighted by Gasteiger charge is -2.46. The molecular formula is C36H51NO4Si. The summed E-state index contributed by atoms with van der Waals surface area (Å²) in [7, 11) is -2.70. The first kappa shape index (κ1) is 32.4. The van der Waals surface area contributed by atoms with Crippen molar-refractivity contribution in [2.45, 2.75) is 92.2 Å². The number of carbonyl (C=O) groups excluding carboxylic acids is 2. The van der Waals surface area contributed by atoms with Gasteiger partial charge < -0.3 is 9.53 Å². The second kappa shape index (κ2) is 12.2. The van der Waals surface area contributed by atoms with Gasteiger partial charge in [-0.25, -0.2) is 0 Å². The highest BCUT2D eigenvalue weighted by atomic mass is 28.4. The van der Waals surface area contributed by atoms with E-state index >= 15 is 0 Å². The number of hydrogen-bond donors (Lipinski definition) is 1. The molecule has 42 heavy (non-hydrogen) atoms. The molecule has 0 bridgehead atoms. The molecule has 1 aliphatic carbocycles. The molecule has 6 heteroatoms. The van der Waals surface area contributed by atoms with E-state index in [1.54, 1.807) is 27.7 Å². The summed E-state index contributed by atoms with van der Waals surface area (Å²) < 4.78 is 7.22. The minimum atomic E-state index is -2.70. The summed E-state index contributed by atoms with van der Waals surface area (Å²) in [6, 6.07) is 21.0. The summed E-state index contributed by atoms with van der Waals surface area (Å²) in [6.07, 6.45) is 4.03. The molecule has 2 atom stereocenters. The Balaban J connectivity index is 1.72. The van der Waals surface area contributed by atoms with Crippen LogP contribution in [0.4, 0.5) is 0 Å². The number of Topliss-reactive ketones (excluding diaryl/α,β-unsaturated/α-hetero) is 2. The number of hydrogen-bond acceptors (Lipinski definition) is 5. The molecule has 0 aromatic heterocycles. The van der Waals surface area contributed by atoms with Gasteiger partial charge in [-0.05, 0) is 81.4 Å². The van der Waals surface area contributed by atoms with Gasteiger partial charge >= 0.3 is 0 Å². The van der Waals surface area contributed by atoms with Crippen molar-refractivity contribution in [3.63, 3.8) is 0 Å². The van der Waals surface area contributed by atoms with Crippen LogP contribution in [0.1, 0.15) is 81.1 Å². The molecule has 0 spiro atoms. The first-order chi connectivity index (χ1) is 19.7. The lowest BCUT2D eigenvalue weighted by molar-refractivity contribution is -0.145. The highest BCUT2D eigenvalue weighted by molar-refractivity contribution is 6.99. The number of ketones is 2. The number of carbonyl (C=O) groups is 2. The van der Waals surface area contributed by atoms with Crippen LogP contribution < -0.4 is 10.4 Å². The number of nitrogens with zero attached hydrogens (tertiary/aromatic N) is 1. The number of aliphatic hydroxyl groups excluding tert-OH is 1. The minimum absolute atomic E-state index is 0.0298. The van der Waals surface area contributed by atoms with Crippen LogP contribution in [0.15, 0.2) is 72.0 Å². The summed E-state index contributed by atoms with van der Waals surface area (Å²) in [5, 5.41) is 13.9. The molecule has 1 aliphatic heterocycles. The van der Waals surface area contributed by atoms with E-state index in [1.165, 1.54) is 16.8 Å². The van der Waals surface area contributed by atoms with Crippen molar-refractivity contribution in [1.82, 2.24) is 4.90 Å². The lowest BCUT2D eigenvalue weighted by Crippen LogP contribution is -2.66. The van der Waals surface area contributed by atoms with E-state index in [1.807, 2.05) is 0 Å². The lowest BCUT2D eigenvalue weighted by atomic mass is 9.61. The number of rotatable bonds is 9. The van der Waals surface area contributed by atoms with Gasteiger partial charge in [0.1, 0.15) is 5.76 Å². The maximum atomic E-state index is 14.0. The van der Waals surface area contributed by atoms with Gasteiger partial charge in [-0.15, -0.1) is 0 Å². The number of aliphatic hydroxyl groups is 1. The third-order valence-electron chi connectivity index (χ3n) is 9.72. The van der Waals surface area contributed by atoms with Gasteiger partial charge in [0.2, 0.25) is 0 Å². The van der Waals surface area contributed by atoms with Gasteiger partial charge in [0.25, 0.3) is 8.32 Å². The van der Waals surface area contributed by atoms with Crippen molar-refractivity contribution in [2.75, 3.05) is 19.7 Å². The Bertz CT molecular complexity index is 1250. The second-order valence-electron chi connectivity index (χ2n) is 14.5. The fourth-order valence-corrected chi connectivity index (χ4v) is 12.0. The van der Waals surface area contributed by atoms with Gasteiger partial charge in [-0.1, -0.05) is 94.8 Å². The number of benzene rings is 2. The molecule has 0 saturated carbocycles. The predicted molar refractivity (Wildman–Crippen MR) is 174 cm³/mol. The van der Waals surface area contributed by atoms with Crippen LogP contribution in [0, 0.1) is 16.7 Å². The largest absolute Gasteiger partial charge is 0.511 e. The molecule has 2 unspecified atom stereocenters. The smallest absolute Gasteiger partial charge is 0.261 e. The highest BCUT2D eigenvalue weighted by Crippen LogP contribution is 2.46. The quantitative estimate of drug-likeness (QED) is 0.269. The van der Waals surface area contributed by atoms with E-state index in [0.29, 0.717) is 12.2 Å². The molecule has 1 heterocycles. The van der Waals surface area contributed by atoms with Crippen LogP contribution >= 0.6 is 0 Å². The first-order valence-corrected chi connectivity index (χ1v) is 17.6. The Morgan fingerprint density at radius 1 is 0.857 bits per heavy atom. The van der Waals surface area contributed by atoms with Gasteiger partial charge in [-0.2, -0.15) is 0 Å². The average molecular weight is 590 g/mol. The van der Waals surface area contributed by atoms with Gasteiger partial charge in [0.15, 0.2) is 11.6 Å². The standard InChI is InChI=1S/C36H51NO4Si/c1-26(22-25-41-42(34(2,3)4,27-18-12-9-13-19-27)28-20-14-10-15-21-28)30(37-23-16-11-17-24-37)29-31(38)35(5,6)33(40)36(7,8)32(29)39/h9-10,12-15,18-21,26,30,38H,11,16-17,22-25H2,1-8H3. The van der Waals surface area contributed by atoms with Crippen molar-refractivity contribution in [1.29, 1.82) is 0 Å². The maximum Gasteiger partial charge on any atom is 0.261 e. The molecule has 4 rings (SSSR count). The summed E-state index contributed by atoms with van der Waals surface area (Å²) >= 11 is 0. The molecule has 228 valence electrons. The monoisotopic (exact) mass is 589 g/mol. The van der Waals surface area contributed by atoms with E-state index in [9.17, 15) is 14.7 Å². The zero-order valence-electron chi connectivity index (χ0n) is 27.0. The van der Waals surface area contributed by atoms with Crippen molar-refractivity contribution in [3.05, 3.63) is 72.0 Å². The molecule has 5 nitrogen and oxygen atoms in total. The molecule has 1 saturated heterocycles. The molecule has 2 aliphatic rings. The average Bonchev–Trinajstić information content (AvgIpc) is 2.97. The van der Waals surface area contributed by atoms with Crippen LogP contribution in [0.3, 0.4) is 0 Å². The zero-order valence-corrected chi connectivity index (χ0v) is 28.0. The summed E-state index contributed by atoms with van der Waals surface area (Å²) in [6.45, 7) is 18.3. The SMILES string of the molecule is CC(CCO[Si](c1ccccc1)(c1ccccc1)C(C)(C)C)C(C1=C(O)C(C)(C)C(=O)C(C)(C)C1=O)N1CCCCC1. The maximum absolute atomic E-state index is 14.0. The molecular weight excluding hydrogens is 538 g/mol. The third-order valence-corrected chi connectivity index (χ3v) is 14.8. The number of allylic oxidation sites excluding steroid dienone is 1. The Morgan fingerprint density at radius 3 is 1.83 bits per heavy atom. The number of likely N-dealkylation sites (tertiary alicyclic amines) is 1. The van der Waals surface area contributed by atoms with Crippen LogP contribution in [0.2, 0.25) is 5.04 Å². The van der Waals surface area contributed by atoms with Crippen LogP contribution in [-0.4, -0.2) is 55.6 Å². The van der Waals surface area contributed by atoms with Crippen LogP contribution in [0.5, 0.6) is 0 Å². The summed E-state index contributed by atoms with van der Waals surface area (Å²) in [5.74, 6) is -0.477. The van der Waals surface area contributed by atoms with Crippen molar-refractivity contribution in [3.8, 4) is 0 Å². The molecule has 0 amide bonds. The Labute approximate surface area is 254 Å². The Kier molecular flexibility index (Phi) is 9.42. The van der Waals surface area contributed by atoms with Gasteiger partial charge in [0, 0.05) is 12.6 Å². The predicted octanol–water partition coefficient (Wildman–Crippen LogP) is 6.46. The van der Waals surface area contributed by atoms with E-state index in [2.05, 4.69) is 93.3 Å². The van der Waals surface area contributed by atoms with Gasteiger partial charge in [0.05, 0.1) is 16.4 Å². The summed E-state index contributed by atoms with van der Waals surface area (Å²) in [4.78, 5) is 29.7. The molecule has 0 radical (unpaired) electrons. The molecule has 2 aromatic rings. The normalized spacial score (nSPS) is 21.3. The van der Waals surface area contributed by atoms with Crippen LogP contribution in [0.25, 0.3) is 0 Å². The number of piperidine rings is 1. The van der Waals surface area contributed by atoms with Crippen molar-refractivity contribution >= 4 is 30.3 Å². The van der Waals surface area contributed by atoms with E-state index in [0.717, 1.165) is 32.4 Å². The third kappa shape index (κ3) is 5.70. The summed E-state index contributed by atoms with van der Waals surface area (Å²) in [5.41, 5.74) is -1.85.